The van der Waals surface area contributed by atoms with Gasteiger partial charge < -0.3 is 5.11 Å². The lowest BCUT2D eigenvalue weighted by Crippen LogP contribution is -2.48. The molecule has 0 heterocycles. The molecule has 2 unspecified atom stereocenters. The molecule has 1 aromatic rings. The van der Waals surface area contributed by atoms with Gasteiger partial charge in [-0.05, 0) is 43.2 Å². The van der Waals surface area contributed by atoms with Crippen LogP contribution in [0.4, 0.5) is 0 Å². The Hall–Kier alpha value is -1.33. The molecule has 1 aliphatic rings. The van der Waals surface area contributed by atoms with Crippen molar-refractivity contribution in [2.45, 2.75) is 51.0 Å². The van der Waals surface area contributed by atoms with Crippen molar-refractivity contribution in [3.8, 4) is 6.07 Å². The summed E-state index contributed by atoms with van der Waals surface area (Å²) in [6, 6.07) is 10.5. The lowest BCUT2D eigenvalue weighted by atomic mass is 9.67. The van der Waals surface area contributed by atoms with Crippen LogP contribution in [0.1, 0.15) is 44.7 Å². The van der Waals surface area contributed by atoms with Gasteiger partial charge in [-0.3, -0.25) is 0 Å². The standard InChI is InChI=1S/C16H21NO/c1-12(2)10-15(3,18)16(11-17)9-8-13-6-4-5-7-14(13)16/h4-7,12,18H,8-10H2,1-3H3. The van der Waals surface area contributed by atoms with E-state index in [2.05, 4.69) is 26.0 Å². The molecule has 1 aliphatic carbocycles. The topological polar surface area (TPSA) is 44.0 Å². The van der Waals surface area contributed by atoms with E-state index < -0.39 is 11.0 Å². The van der Waals surface area contributed by atoms with Crippen LogP contribution in [0, 0.1) is 17.2 Å². The van der Waals surface area contributed by atoms with E-state index in [1.807, 2.05) is 25.1 Å². The van der Waals surface area contributed by atoms with E-state index >= 15 is 0 Å². The molecule has 1 aromatic carbocycles. The highest BCUT2D eigenvalue weighted by molar-refractivity contribution is 5.47. The molecule has 18 heavy (non-hydrogen) atoms. The van der Waals surface area contributed by atoms with Gasteiger partial charge >= 0.3 is 0 Å². The molecule has 96 valence electrons. The van der Waals surface area contributed by atoms with E-state index in [-0.39, 0.29) is 0 Å². The van der Waals surface area contributed by atoms with Crippen molar-refractivity contribution < 1.29 is 5.11 Å². The number of hydrogen-bond donors (Lipinski definition) is 1. The second-order valence-corrected chi connectivity index (χ2v) is 6.05. The highest BCUT2D eigenvalue weighted by atomic mass is 16.3. The van der Waals surface area contributed by atoms with Gasteiger partial charge in [-0.25, -0.2) is 0 Å². The molecule has 2 nitrogen and oxygen atoms in total. The Bertz CT molecular complexity index is 484. The van der Waals surface area contributed by atoms with Gasteiger partial charge in [0.05, 0.1) is 11.7 Å². The number of nitrogens with zero attached hydrogens (tertiary/aromatic N) is 1. The molecule has 2 heteroatoms. The third-order valence-electron chi connectivity index (χ3n) is 4.16. The summed E-state index contributed by atoms with van der Waals surface area (Å²) in [5.74, 6) is 0.373. The molecule has 0 saturated heterocycles. The zero-order chi connectivity index (χ0) is 13.4. The van der Waals surface area contributed by atoms with Gasteiger partial charge in [0.15, 0.2) is 0 Å². The van der Waals surface area contributed by atoms with Crippen LogP contribution in [0.2, 0.25) is 0 Å². The fourth-order valence-corrected chi connectivity index (χ4v) is 3.38. The maximum Gasteiger partial charge on any atom is 0.111 e. The Kier molecular flexibility index (Phi) is 3.21. The van der Waals surface area contributed by atoms with Crippen molar-refractivity contribution in [1.82, 2.24) is 0 Å². The molecule has 0 radical (unpaired) electrons. The summed E-state index contributed by atoms with van der Waals surface area (Å²) in [6.07, 6.45) is 2.26. The number of aryl methyl sites for hydroxylation is 1. The summed E-state index contributed by atoms with van der Waals surface area (Å²) in [5, 5.41) is 20.6. The quantitative estimate of drug-likeness (QED) is 0.886. The van der Waals surface area contributed by atoms with Crippen molar-refractivity contribution in [3.63, 3.8) is 0 Å². The molecule has 2 rings (SSSR count). The molecule has 0 saturated carbocycles. The average molecular weight is 243 g/mol. The maximum atomic E-state index is 10.9. The molecule has 0 fully saturated rings. The molecule has 1 N–H and O–H groups in total. The summed E-state index contributed by atoms with van der Waals surface area (Å²) < 4.78 is 0. The van der Waals surface area contributed by atoms with Crippen LogP contribution in [0.25, 0.3) is 0 Å². The second kappa shape index (κ2) is 4.40. The molecule has 0 aliphatic heterocycles. The summed E-state index contributed by atoms with van der Waals surface area (Å²) in [4.78, 5) is 0. The third kappa shape index (κ3) is 1.83. The monoisotopic (exact) mass is 243 g/mol. The highest BCUT2D eigenvalue weighted by Crippen LogP contribution is 2.48. The molecular weight excluding hydrogens is 222 g/mol. The fraction of sp³-hybridized carbons (Fsp3) is 0.562. The lowest BCUT2D eigenvalue weighted by molar-refractivity contribution is -0.0172. The van der Waals surface area contributed by atoms with E-state index in [4.69, 9.17) is 0 Å². The minimum Gasteiger partial charge on any atom is -0.388 e. The number of aliphatic hydroxyl groups is 1. The van der Waals surface area contributed by atoms with Crippen molar-refractivity contribution in [2.24, 2.45) is 5.92 Å². The zero-order valence-corrected chi connectivity index (χ0v) is 11.4. The van der Waals surface area contributed by atoms with Crippen LogP contribution in [0.3, 0.4) is 0 Å². The van der Waals surface area contributed by atoms with Gasteiger partial charge in [0.25, 0.3) is 0 Å². The summed E-state index contributed by atoms with van der Waals surface area (Å²) in [6.45, 7) is 5.99. The van der Waals surface area contributed by atoms with Crippen LogP contribution in [-0.4, -0.2) is 10.7 Å². The van der Waals surface area contributed by atoms with Gasteiger partial charge in [0.1, 0.15) is 5.41 Å². The SMILES string of the molecule is CC(C)CC(C)(O)C1(C#N)CCc2ccccc21. The van der Waals surface area contributed by atoms with E-state index in [1.165, 1.54) is 5.56 Å². The first-order valence-electron chi connectivity index (χ1n) is 6.65. The largest absolute Gasteiger partial charge is 0.388 e. The van der Waals surface area contributed by atoms with E-state index in [9.17, 15) is 10.4 Å². The first-order chi connectivity index (χ1) is 8.43. The molecule has 0 amide bonds. The highest BCUT2D eigenvalue weighted by Gasteiger charge is 2.52. The molecule has 2 atom stereocenters. The molecular formula is C16H21NO. The Balaban J connectivity index is 2.49. The Labute approximate surface area is 109 Å². The maximum absolute atomic E-state index is 10.9. The van der Waals surface area contributed by atoms with Crippen molar-refractivity contribution in [2.75, 3.05) is 0 Å². The van der Waals surface area contributed by atoms with Gasteiger partial charge in [-0.15, -0.1) is 0 Å². The number of fused-ring (bicyclic) bond motifs is 1. The predicted octanol–water partition coefficient (Wildman–Crippen LogP) is 3.19. The predicted molar refractivity (Wildman–Crippen MR) is 72.1 cm³/mol. The second-order valence-electron chi connectivity index (χ2n) is 6.05. The van der Waals surface area contributed by atoms with Crippen molar-refractivity contribution in [1.29, 1.82) is 5.26 Å². The van der Waals surface area contributed by atoms with E-state index in [0.717, 1.165) is 18.4 Å². The van der Waals surface area contributed by atoms with E-state index in [0.29, 0.717) is 12.3 Å². The first-order valence-corrected chi connectivity index (χ1v) is 6.65. The van der Waals surface area contributed by atoms with Crippen LogP contribution in [0.15, 0.2) is 24.3 Å². The normalized spacial score (nSPS) is 25.6. The minimum absolute atomic E-state index is 0.373. The van der Waals surface area contributed by atoms with Crippen LogP contribution < -0.4 is 0 Å². The lowest BCUT2D eigenvalue weighted by Gasteiger charge is -2.39. The number of benzene rings is 1. The number of hydrogen-bond acceptors (Lipinski definition) is 2. The Morgan fingerprint density at radius 3 is 2.72 bits per heavy atom. The third-order valence-corrected chi connectivity index (χ3v) is 4.16. The zero-order valence-electron chi connectivity index (χ0n) is 11.4. The van der Waals surface area contributed by atoms with Gasteiger partial charge in [-0.2, -0.15) is 5.26 Å². The van der Waals surface area contributed by atoms with Crippen LogP contribution in [0.5, 0.6) is 0 Å². The van der Waals surface area contributed by atoms with Crippen molar-refractivity contribution >= 4 is 0 Å². The summed E-state index contributed by atoms with van der Waals surface area (Å²) >= 11 is 0. The van der Waals surface area contributed by atoms with Crippen LogP contribution >= 0.6 is 0 Å². The van der Waals surface area contributed by atoms with E-state index in [1.54, 1.807) is 0 Å². The fourth-order valence-electron chi connectivity index (χ4n) is 3.38. The van der Waals surface area contributed by atoms with Crippen LogP contribution in [-0.2, 0) is 11.8 Å². The summed E-state index contributed by atoms with van der Waals surface area (Å²) in [5.41, 5.74) is 0.525. The number of rotatable bonds is 3. The molecule has 0 bridgehead atoms. The number of nitriles is 1. The smallest absolute Gasteiger partial charge is 0.111 e. The first kappa shape index (κ1) is 13.1. The van der Waals surface area contributed by atoms with Crippen molar-refractivity contribution in [3.05, 3.63) is 35.4 Å². The summed E-state index contributed by atoms with van der Waals surface area (Å²) in [7, 11) is 0. The molecule has 0 spiro atoms. The minimum atomic E-state index is -0.970. The van der Waals surface area contributed by atoms with Gasteiger partial charge in [0, 0.05) is 0 Å². The average Bonchev–Trinajstić information content (AvgIpc) is 2.67. The molecule has 0 aromatic heterocycles. The Morgan fingerprint density at radius 1 is 1.44 bits per heavy atom. The Morgan fingerprint density at radius 2 is 2.11 bits per heavy atom. The van der Waals surface area contributed by atoms with Gasteiger partial charge in [-0.1, -0.05) is 38.1 Å². The van der Waals surface area contributed by atoms with Gasteiger partial charge in [0.2, 0.25) is 0 Å².